The van der Waals surface area contributed by atoms with Crippen molar-refractivity contribution in [2.24, 2.45) is 5.92 Å². The number of hydrogen-bond donors (Lipinski definition) is 1. The van der Waals surface area contributed by atoms with Crippen LogP contribution in [0.25, 0.3) is 0 Å². The second kappa shape index (κ2) is 7.06. The molecule has 0 bridgehead atoms. The topological polar surface area (TPSA) is 15.3 Å². The van der Waals surface area contributed by atoms with E-state index < -0.39 is 0 Å². The van der Waals surface area contributed by atoms with Crippen molar-refractivity contribution in [3.8, 4) is 0 Å². The molecule has 2 nitrogen and oxygen atoms in total. The molecular formula is C17H28N2. The predicted molar refractivity (Wildman–Crippen MR) is 82.3 cm³/mol. The van der Waals surface area contributed by atoms with E-state index in [1.165, 1.54) is 43.6 Å². The molecule has 106 valence electrons. The van der Waals surface area contributed by atoms with Crippen LogP contribution < -0.4 is 5.32 Å². The van der Waals surface area contributed by atoms with Gasteiger partial charge in [0.05, 0.1) is 0 Å². The Balaban J connectivity index is 1.96. The number of nitrogens with zero attached hydrogens (tertiary/aromatic N) is 1. The van der Waals surface area contributed by atoms with Crippen molar-refractivity contribution >= 4 is 0 Å². The maximum atomic E-state index is 3.72. The zero-order chi connectivity index (χ0) is 13.7. The van der Waals surface area contributed by atoms with Gasteiger partial charge in [-0.05, 0) is 37.9 Å². The molecule has 0 radical (unpaired) electrons. The van der Waals surface area contributed by atoms with Gasteiger partial charge in [-0.1, -0.05) is 50.1 Å². The third kappa shape index (κ3) is 4.32. The standard InChI is InChI=1S/C17H28N2/c1-4-15(3)17-13-19(11-5-10-18-17)12-16-8-6-14(2)7-9-16/h6-9,15,17-18H,4-5,10-13H2,1-3H3. The van der Waals surface area contributed by atoms with Crippen molar-refractivity contribution in [3.63, 3.8) is 0 Å². The summed E-state index contributed by atoms with van der Waals surface area (Å²) < 4.78 is 0. The Labute approximate surface area is 118 Å². The molecule has 0 aromatic heterocycles. The molecule has 0 spiro atoms. The fourth-order valence-corrected chi connectivity index (χ4v) is 2.79. The summed E-state index contributed by atoms with van der Waals surface area (Å²) in [6.45, 7) is 11.5. The zero-order valence-corrected chi connectivity index (χ0v) is 12.7. The summed E-state index contributed by atoms with van der Waals surface area (Å²) in [5.41, 5.74) is 2.79. The van der Waals surface area contributed by atoms with Gasteiger partial charge in [-0.15, -0.1) is 0 Å². The molecule has 1 aromatic carbocycles. The van der Waals surface area contributed by atoms with Crippen LogP contribution in [0.1, 0.15) is 37.8 Å². The summed E-state index contributed by atoms with van der Waals surface area (Å²) in [7, 11) is 0. The second-order valence-corrected chi connectivity index (χ2v) is 6.02. The minimum absolute atomic E-state index is 0.651. The Morgan fingerprint density at radius 3 is 2.74 bits per heavy atom. The highest BCUT2D eigenvalue weighted by Crippen LogP contribution is 2.15. The molecular weight excluding hydrogens is 232 g/mol. The number of benzene rings is 1. The maximum Gasteiger partial charge on any atom is 0.0234 e. The number of rotatable bonds is 4. The monoisotopic (exact) mass is 260 g/mol. The fraction of sp³-hybridized carbons (Fsp3) is 0.647. The summed E-state index contributed by atoms with van der Waals surface area (Å²) in [6.07, 6.45) is 2.52. The molecule has 19 heavy (non-hydrogen) atoms. The van der Waals surface area contributed by atoms with E-state index >= 15 is 0 Å². The zero-order valence-electron chi connectivity index (χ0n) is 12.7. The van der Waals surface area contributed by atoms with Crippen molar-refractivity contribution in [2.75, 3.05) is 19.6 Å². The lowest BCUT2D eigenvalue weighted by Gasteiger charge is -2.28. The highest BCUT2D eigenvalue weighted by Gasteiger charge is 2.21. The summed E-state index contributed by atoms with van der Waals surface area (Å²) in [6, 6.07) is 9.63. The van der Waals surface area contributed by atoms with Crippen LogP contribution in [0.4, 0.5) is 0 Å². The van der Waals surface area contributed by atoms with E-state index in [0.717, 1.165) is 12.5 Å². The third-order valence-electron chi connectivity index (χ3n) is 4.37. The fourth-order valence-electron chi connectivity index (χ4n) is 2.79. The summed E-state index contributed by atoms with van der Waals surface area (Å²) in [5.74, 6) is 0.763. The average molecular weight is 260 g/mol. The molecule has 2 heteroatoms. The van der Waals surface area contributed by atoms with Crippen molar-refractivity contribution < 1.29 is 0 Å². The number of hydrogen-bond acceptors (Lipinski definition) is 2. The van der Waals surface area contributed by atoms with Gasteiger partial charge in [-0.2, -0.15) is 0 Å². The molecule has 0 saturated carbocycles. The highest BCUT2D eigenvalue weighted by atomic mass is 15.2. The van der Waals surface area contributed by atoms with Crippen LogP contribution in [0.2, 0.25) is 0 Å². The van der Waals surface area contributed by atoms with E-state index in [4.69, 9.17) is 0 Å². The van der Waals surface area contributed by atoms with Crippen molar-refractivity contribution in [3.05, 3.63) is 35.4 Å². The van der Waals surface area contributed by atoms with Crippen LogP contribution in [-0.4, -0.2) is 30.6 Å². The molecule has 1 N–H and O–H groups in total. The van der Waals surface area contributed by atoms with Gasteiger partial charge < -0.3 is 5.32 Å². The maximum absolute atomic E-state index is 3.72. The number of nitrogens with one attached hydrogen (secondary N) is 1. The largest absolute Gasteiger partial charge is 0.312 e. The molecule has 2 atom stereocenters. The summed E-state index contributed by atoms with van der Waals surface area (Å²) >= 11 is 0. The molecule has 1 heterocycles. The second-order valence-electron chi connectivity index (χ2n) is 6.02. The Morgan fingerprint density at radius 2 is 2.05 bits per heavy atom. The minimum atomic E-state index is 0.651. The quantitative estimate of drug-likeness (QED) is 0.894. The molecule has 0 aliphatic carbocycles. The van der Waals surface area contributed by atoms with Crippen LogP contribution in [-0.2, 0) is 6.54 Å². The van der Waals surface area contributed by atoms with E-state index in [9.17, 15) is 0 Å². The van der Waals surface area contributed by atoms with E-state index in [1.807, 2.05) is 0 Å². The van der Waals surface area contributed by atoms with E-state index in [1.54, 1.807) is 0 Å². The SMILES string of the molecule is CCC(C)C1CN(Cc2ccc(C)cc2)CCCN1. The lowest BCUT2D eigenvalue weighted by Crippen LogP contribution is -2.41. The average Bonchev–Trinajstić information content (AvgIpc) is 2.66. The van der Waals surface area contributed by atoms with Gasteiger partial charge in [-0.25, -0.2) is 0 Å². The Kier molecular flexibility index (Phi) is 5.41. The Hall–Kier alpha value is -0.860. The van der Waals surface area contributed by atoms with Crippen molar-refractivity contribution in [2.45, 2.75) is 46.2 Å². The van der Waals surface area contributed by atoms with Crippen molar-refractivity contribution in [1.29, 1.82) is 0 Å². The molecule has 1 aliphatic heterocycles. The van der Waals surface area contributed by atoms with Gasteiger partial charge in [0, 0.05) is 19.1 Å². The lowest BCUT2D eigenvalue weighted by atomic mass is 9.99. The van der Waals surface area contributed by atoms with Crippen LogP contribution in [0, 0.1) is 12.8 Å². The molecule has 1 aliphatic rings. The smallest absolute Gasteiger partial charge is 0.0234 e. The van der Waals surface area contributed by atoms with E-state index in [2.05, 4.69) is 55.3 Å². The molecule has 1 fully saturated rings. The summed E-state index contributed by atoms with van der Waals surface area (Å²) in [4.78, 5) is 2.61. The first kappa shape index (κ1) is 14.5. The molecule has 2 unspecified atom stereocenters. The van der Waals surface area contributed by atoms with Gasteiger partial charge >= 0.3 is 0 Å². The summed E-state index contributed by atoms with van der Waals surface area (Å²) in [5, 5.41) is 3.72. The lowest BCUT2D eigenvalue weighted by molar-refractivity contribution is 0.231. The van der Waals surface area contributed by atoms with E-state index in [0.29, 0.717) is 6.04 Å². The third-order valence-corrected chi connectivity index (χ3v) is 4.37. The van der Waals surface area contributed by atoms with Gasteiger partial charge in [0.15, 0.2) is 0 Å². The van der Waals surface area contributed by atoms with Gasteiger partial charge in [0.25, 0.3) is 0 Å². The van der Waals surface area contributed by atoms with Crippen LogP contribution in [0.3, 0.4) is 0 Å². The minimum Gasteiger partial charge on any atom is -0.312 e. The molecule has 1 saturated heterocycles. The number of aryl methyl sites for hydroxylation is 1. The predicted octanol–water partition coefficient (Wildman–Crippen LogP) is 3.21. The first-order valence-electron chi connectivity index (χ1n) is 7.70. The van der Waals surface area contributed by atoms with Crippen LogP contribution in [0.15, 0.2) is 24.3 Å². The first-order valence-corrected chi connectivity index (χ1v) is 7.70. The van der Waals surface area contributed by atoms with Gasteiger partial charge in [0.1, 0.15) is 0 Å². The molecule has 2 rings (SSSR count). The van der Waals surface area contributed by atoms with Gasteiger partial charge in [-0.3, -0.25) is 4.90 Å². The van der Waals surface area contributed by atoms with Crippen LogP contribution in [0.5, 0.6) is 0 Å². The Morgan fingerprint density at radius 1 is 1.32 bits per heavy atom. The Bertz CT molecular complexity index is 371. The highest BCUT2D eigenvalue weighted by molar-refractivity contribution is 5.21. The molecule has 0 amide bonds. The normalized spacial score (nSPS) is 23.0. The van der Waals surface area contributed by atoms with Crippen molar-refractivity contribution in [1.82, 2.24) is 10.2 Å². The molecule has 1 aromatic rings. The van der Waals surface area contributed by atoms with Crippen LogP contribution >= 0.6 is 0 Å². The van der Waals surface area contributed by atoms with E-state index in [-0.39, 0.29) is 0 Å². The first-order chi connectivity index (χ1) is 9.19. The van der Waals surface area contributed by atoms with Gasteiger partial charge in [0.2, 0.25) is 0 Å².